The summed E-state index contributed by atoms with van der Waals surface area (Å²) in [6.07, 6.45) is 1.02. The van der Waals surface area contributed by atoms with E-state index in [2.05, 4.69) is 10.0 Å². The smallest absolute Gasteiger partial charge is 0.293 e. The van der Waals surface area contributed by atoms with Crippen LogP contribution >= 0.6 is 0 Å². The number of rotatable bonds is 6. The van der Waals surface area contributed by atoms with Crippen LogP contribution in [-0.4, -0.2) is 39.6 Å². The molecule has 0 saturated heterocycles. The zero-order chi connectivity index (χ0) is 19.5. The highest BCUT2D eigenvalue weighted by atomic mass is 32.2. The van der Waals surface area contributed by atoms with E-state index < -0.39 is 20.9 Å². The first kappa shape index (κ1) is 19.2. The second-order valence-electron chi connectivity index (χ2n) is 5.76. The van der Waals surface area contributed by atoms with E-state index in [9.17, 15) is 23.3 Å². The highest BCUT2D eigenvalue weighted by molar-refractivity contribution is 7.92. The van der Waals surface area contributed by atoms with Crippen molar-refractivity contribution in [3.63, 3.8) is 0 Å². The summed E-state index contributed by atoms with van der Waals surface area (Å²) in [4.78, 5) is 24.6. The number of nitro benzene ring substituents is 1. The molecular weight excluding hydrogens is 360 g/mol. The van der Waals surface area contributed by atoms with Gasteiger partial charge in [-0.3, -0.25) is 19.6 Å². The van der Waals surface area contributed by atoms with Gasteiger partial charge < -0.3 is 10.2 Å². The SMILES string of the molecule is CN(C)c1ccc(C(=O)Nc2cccc(NS(C)(=O)=O)c2)cc1[N+](=O)[O-]. The van der Waals surface area contributed by atoms with E-state index >= 15 is 0 Å². The average Bonchev–Trinajstić information content (AvgIpc) is 2.52. The predicted molar refractivity (Wildman–Crippen MR) is 100 cm³/mol. The van der Waals surface area contributed by atoms with Gasteiger partial charge in [0.2, 0.25) is 10.0 Å². The van der Waals surface area contributed by atoms with Gasteiger partial charge >= 0.3 is 0 Å². The van der Waals surface area contributed by atoms with E-state index in [1.54, 1.807) is 31.1 Å². The Labute approximate surface area is 150 Å². The summed E-state index contributed by atoms with van der Waals surface area (Å²) in [5.41, 5.74) is 0.951. The van der Waals surface area contributed by atoms with Gasteiger partial charge in [-0.25, -0.2) is 8.42 Å². The summed E-state index contributed by atoms with van der Waals surface area (Å²) in [6, 6.07) is 10.3. The molecule has 1 amide bonds. The molecule has 0 aliphatic carbocycles. The van der Waals surface area contributed by atoms with Crippen molar-refractivity contribution in [1.29, 1.82) is 0 Å². The van der Waals surface area contributed by atoms with E-state index in [0.717, 1.165) is 6.26 Å². The zero-order valence-electron chi connectivity index (χ0n) is 14.4. The first-order valence-electron chi connectivity index (χ1n) is 7.42. The summed E-state index contributed by atoms with van der Waals surface area (Å²) < 4.78 is 24.9. The highest BCUT2D eigenvalue weighted by Gasteiger charge is 2.19. The molecule has 0 bridgehead atoms. The number of anilines is 3. The molecule has 0 aliphatic heterocycles. The third-order valence-corrected chi connectivity index (χ3v) is 3.95. The Hall–Kier alpha value is -3.14. The van der Waals surface area contributed by atoms with E-state index in [0.29, 0.717) is 17.1 Å². The van der Waals surface area contributed by atoms with Crippen LogP contribution in [0.15, 0.2) is 42.5 Å². The van der Waals surface area contributed by atoms with Gasteiger partial charge in [0.15, 0.2) is 0 Å². The van der Waals surface area contributed by atoms with Crippen LogP contribution in [0.5, 0.6) is 0 Å². The molecule has 10 heteroatoms. The number of carbonyl (C=O) groups is 1. The van der Waals surface area contributed by atoms with Crippen molar-refractivity contribution in [2.75, 3.05) is 35.3 Å². The van der Waals surface area contributed by atoms with Gasteiger partial charge in [-0.15, -0.1) is 0 Å². The van der Waals surface area contributed by atoms with Crippen molar-refractivity contribution in [2.24, 2.45) is 0 Å². The van der Waals surface area contributed by atoms with Crippen molar-refractivity contribution >= 4 is 38.7 Å². The summed E-state index contributed by atoms with van der Waals surface area (Å²) in [5.74, 6) is -0.546. The molecule has 0 fully saturated rings. The Kier molecular flexibility index (Phi) is 5.46. The maximum Gasteiger partial charge on any atom is 0.293 e. The largest absolute Gasteiger partial charge is 0.372 e. The topological polar surface area (TPSA) is 122 Å². The summed E-state index contributed by atoms with van der Waals surface area (Å²) >= 11 is 0. The monoisotopic (exact) mass is 378 g/mol. The molecule has 2 N–H and O–H groups in total. The van der Waals surface area contributed by atoms with E-state index in [4.69, 9.17) is 0 Å². The minimum atomic E-state index is -3.44. The van der Waals surface area contributed by atoms with E-state index in [-0.39, 0.29) is 11.3 Å². The minimum absolute atomic E-state index is 0.115. The number of sulfonamides is 1. The van der Waals surface area contributed by atoms with Crippen LogP contribution in [0.4, 0.5) is 22.7 Å². The standard InChI is InChI=1S/C16H18N4O5S/c1-19(2)14-8-7-11(9-15(14)20(22)23)16(21)17-12-5-4-6-13(10-12)18-26(3,24)25/h4-10,18H,1-3H3,(H,17,21). The van der Waals surface area contributed by atoms with Gasteiger partial charge in [0.05, 0.1) is 16.9 Å². The fourth-order valence-corrected chi connectivity index (χ4v) is 2.82. The molecule has 138 valence electrons. The summed E-state index contributed by atoms with van der Waals surface area (Å²) in [6.45, 7) is 0. The van der Waals surface area contributed by atoms with Gasteiger partial charge in [0.1, 0.15) is 5.69 Å². The van der Waals surface area contributed by atoms with Gasteiger partial charge in [-0.2, -0.15) is 0 Å². The van der Waals surface area contributed by atoms with Crippen molar-refractivity contribution < 1.29 is 18.1 Å². The van der Waals surface area contributed by atoms with Crippen LogP contribution in [0.2, 0.25) is 0 Å². The second kappa shape index (κ2) is 7.40. The van der Waals surface area contributed by atoms with Crippen molar-refractivity contribution in [2.45, 2.75) is 0 Å². The quantitative estimate of drug-likeness (QED) is 0.587. The number of nitrogens with one attached hydrogen (secondary N) is 2. The lowest BCUT2D eigenvalue weighted by Crippen LogP contribution is -2.15. The van der Waals surface area contributed by atoms with Gasteiger partial charge in [0, 0.05) is 31.4 Å². The van der Waals surface area contributed by atoms with Crippen molar-refractivity contribution in [1.82, 2.24) is 0 Å². The molecule has 0 spiro atoms. The lowest BCUT2D eigenvalue weighted by atomic mass is 10.1. The molecule has 26 heavy (non-hydrogen) atoms. The van der Waals surface area contributed by atoms with Crippen LogP contribution in [0, 0.1) is 10.1 Å². The Balaban J connectivity index is 2.26. The van der Waals surface area contributed by atoms with Crippen LogP contribution in [0.25, 0.3) is 0 Å². The summed E-state index contributed by atoms with van der Waals surface area (Å²) in [7, 11) is -0.107. The third kappa shape index (κ3) is 4.93. The zero-order valence-corrected chi connectivity index (χ0v) is 15.2. The molecule has 9 nitrogen and oxygen atoms in total. The molecule has 2 aromatic carbocycles. The molecule has 2 rings (SSSR count). The number of amides is 1. The van der Waals surface area contributed by atoms with Crippen LogP contribution in [0.3, 0.4) is 0 Å². The van der Waals surface area contributed by atoms with Gasteiger partial charge in [-0.05, 0) is 30.3 Å². The third-order valence-electron chi connectivity index (χ3n) is 3.34. The molecule has 0 atom stereocenters. The lowest BCUT2D eigenvalue weighted by molar-refractivity contribution is -0.384. The fourth-order valence-electron chi connectivity index (χ4n) is 2.27. The molecule has 0 aliphatic rings. The minimum Gasteiger partial charge on any atom is -0.372 e. The molecule has 0 aromatic heterocycles. The predicted octanol–water partition coefficient (Wildman–Crippen LogP) is 2.28. The van der Waals surface area contributed by atoms with Crippen LogP contribution < -0.4 is 14.9 Å². The van der Waals surface area contributed by atoms with Gasteiger partial charge in [-0.1, -0.05) is 6.07 Å². The highest BCUT2D eigenvalue weighted by Crippen LogP contribution is 2.28. The van der Waals surface area contributed by atoms with Crippen molar-refractivity contribution in [3.05, 3.63) is 58.1 Å². The van der Waals surface area contributed by atoms with Crippen LogP contribution in [-0.2, 0) is 10.0 Å². The molecule has 0 radical (unpaired) electrons. The molecule has 0 saturated carbocycles. The second-order valence-corrected chi connectivity index (χ2v) is 7.51. The number of hydrogen-bond acceptors (Lipinski definition) is 6. The Bertz CT molecular complexity index is 957. The average molecular weight is 378 g/mol. The fraction of sp³-hybridized carbons (Fsp3) is 0.188. The maximum absolute atomic E-state index is 12.4. The first-order valence-corrected chi connectivity index (χ1v) is 9.31. The number of carbonyl (C=O) groups excluding carboxylic acids is 1. The Morgan fingerprint density at radius 2 is 1.77 bits per heavy atom. The van der Waals surface area contributed by atoms with Gasteiger partial charge in [0.25, 0.3) is 11.6 Å². The first-order chi connectivity index (χ1) is 12.1. The molecule has 0 unspecified atom stereocenters. The normalized spacial score (nSPS) is 10.9. The van der Waals surface area contributed by atoms with E-state index in [1.165, 1.54) is 30.3 Å². The Morgan fingerprint density at radius 1 is 1.12 bits per heavy atom. The summed E-state index contributed by atoms with van der Waals surface area (Å²) in [5, 5.41) is 13.8. The number of nitrogens with zero attached hydrogens (tertiary/aromatic N) is 2. The van der Waals surface area contributed by atoms with E-state index in [1.807, 2.05) is 0 Å². The molecule has 0 heterocycles. The number of nitro groups is 1. The lowest BCUT2D eigenvalue weighted by Gasteiger charge is -2.13. The maximum atomic E-state index is 12.4. The Morgan fingerprint density at radius 3 is 2.35 bits per heavy atom. The van der Waals surface area contributed by atoms with Crippen LogP contribution in [0.1, 0.15) is 10.4 Å². The number of hydrogen-bond donors (Lipinski definition) is 2. The number of benzene rings is 2. The molecule has 2 aromatic rings. The van der Waals surface area contributed by atoms with Crippen molar-refractivity contribution in [3.8, 4) is 0 Å². The molecular formula is C16H18N4O5S.